The van der Waals surface area contributed by atoms with Crippen molar-refractivity contribution in [2.45, 2.75) is 52.6 Å². The highest BCUT2D eigenvalue weighted by molar-refractivity contribution is 7.18. The lowest BCUT2D eigenvalue weighted by atomic mass is 9.89. The molecule has 2 atom stereocenters. The smallest absolute Gasteiger partial charge is 0.259 e. The Labute approximate surface area is 164 Å². The van der Waals surface area contributed by atoms with E-state index in [4.69, 9.17) is 4.98 Å². The molecule has 1 aliphatic rings. The van der Waals surface area contributed by atoms with Crippen molar-refractivity contribution >= 4 is 21.6 Å². The molecular weight excluding hydrogens is 354 g/mol. The van der Waals surface area contributed by atoms with Crippen LogP contribution >= 0.6 is 11.3 Å². The summed E-state index contributed by atoms with van der Waals surface area (Å²) in [4.78, 5) is 25.3. The summed E-state index contributed by atoms with van der Waals surface area (Å²) in [6.07, 6.45) is 3.24. The van der Waals surface area contributed by atoms with Crippen molar-refractivity contribution in [3.63, 3.8) is 0 Å². The van der Waals surface area contributed by atoms with Crippen LogP contribution in [-0.2, 0) is 19.4 Å². The number of H-pyrrole nitrogens is 1. The van der Waals surface area contributed by atoms with Crippen molar-refractivity contribution in [2.24, 2.45) is 5.92 Å². The highest BCUT2D eigenvalue weighted by Gasteiger charge is 2.24. The van der Waals surface area contributed by atoms with Crippen LogP contribution in [-0.4, -0.2) is 21.9 Å². The van der Waals surface area contributed by atoms with Crippen LogP contribution < -0.4 is 5.56 Å². The summed E-state index contributed by atoms with van der Waals surface area (Å²) in [6, 6.07) is 8.63. The molecular formula is C22H27N3OS. The number of aromatic amines is 1. The average molecular weight is 382 g/mol. The first-order chi connectivity index (χ1) is 12.9. The van der Waals surface area contributed by atoms with Crippen molar-refractivity contribution in [1.29, 1.82) is 0 Å². The van der Waals surface area contributed by atoms with Crippen molar-refractivity contribution < 1.29 is 0 Å². The second kappa shape index (κ2) is 7.21. The summed E-state index contributed by atoms with van der Waals surface area (Å²) in [5, 5.41) is 0.832. The molecule has 0 bridgehead atoms. The van der Waals surface area contributed by atoms with E-state index in [2.05, 4.69) is 62.0 Å². The number of hydrogen-bond donors (Lipinski definition) is 1. The van der Waals surface area contributed by atoms with E-state index in [1.54, 1.807) is 11.3 Å². The first-order valence-electron chi connectivity index (χ1n) is 9.72. The predicted molar refractivity (Wildman–Crippen MR) is 112 cm³/mol. The second-order valence-corrected chi connectivity index (χ2v) is 9.14. The van der Waals surface area contributed by atoms with Crippen molar-refractivity contribution in [1.82, 2.24) is 14.9 Å². The number of nitrogens with zero attached hydrogens (tertiary/aromatic N) is 2. The third-order valence-electron chi connectivity index (χ3n) is 5.79. The van der Waals surface area contributed by atoms with Gasteiger partial charge in [0.25, 0.3) is 5.56 Å². The zero-order chi connectivity index (χ0) is 19.1. The molecule has 0 saturated heterocycles. The number of benzene rings is 1. The summed E-state index contributed by atoms with van der Waals surface area (Å²) in [5.74, 6) is 1.46. The second-order valence-electron chi connectivity index (χ2n) is 8.06. The molecule has 4 nitrogen and oxygen atoms in total. The topological polar surface area (TPSA) is 49.0 Å². The average Bonchev–Trinajstić information content (AvgIpc) is 3.00. The van der Waals surface area contributed by atoms with E-state index in [9.17, 15) is 4.79 Å². The molecule has 2 aromatic heterocycles. The number of thiophene rings is 1. The largest absolute Gasteiger partial charge is 0.309 e. The van der Waals surface area contributed by atoms with Crippen LogP contribution in [0.3, 0.4) is 0 Å². The fourth-order valence-electron chi connectivity index (χ4n) is 3.89. The van der Waals surface area contributed by atoms with Gasteiger partial charge in [-0.05, 0) is 57.2 Å². The van der Waals surface area contributed by atoms with Gasteiger partial charge in [0, 0.05) is 11.4 Å². The Hall–Kier alpha value is -1.98. The Morgan fingerprint density at radius 1 is 1.33 bits per heavy atom. The van der Waals surface area contributed by atoms with Crippen LogP contribution in [0.2, 0.25) is 0 Å². The molecule has 0 saturated carbocycles. The number of hydrogen-bond acceptors (Lipinski definition) is 4. The Balaban J connectivity index is 1.63. The lowest BCUT2D eigenvalue weighted by Gasteiger charge is -2.24. The first-order valence-corrected chi connectivity index (χ1v) is 10.5. The van der Waals surface area contributed by atoms with Crippen LogP contribution in [0.15, 0.2) is 29.1 Å². The number of aryl methyl sites for hydroxylation is 2. The van der Waals surface area contributed by atoms with E-state index in [1.807, 2.05) is 0 Å². The molecule has 0 radical (unpaired) electrons. The van der Waals surface area contributed by atoms with E-state index in [0.717, 1.165) is 41.8 Å². The van der Waals surface area contributed by atoms with Crippen LogP contribution in [0.4, 0.5) is 0 Å². The van der Waals surface area contributed by atoms with Crippen molar-refractivity contribution in [2.75, 3.05) is 7.05 Å². The van der Waals surface area contributed by atoms with Crippen LogP contribution in [0, 0.1) is 12.8 Å². The maximum Gasteiger partial charge on any atom is 0.259 e. The minimum atomic E-state index is 0.0256. The summed E-state index contributed by atoms with van der Waals surface area (Å²) in [5.41, 5.74) is 3.80. The Bertz CT molecular complexity index is 1020. The van der Waals surface area contributed by atoms with Gasteiger partial charge in [0.1, 0.15) is 10.7 Å². The molecule has 1 N–H and O–H groups in total. The molecule has 1 aliphatic carbocycles. The molecule has 1 aromatic carbocycles. The SMILES string of the molecule is Cc1ccc(CN(C)[C@@H](C)c2nc3sc4c(c3c(=O)[nH]2)CC[C@@H](C)C4)cc1. The fraction of sp³-hybridized carbons (Fsp3) is 0.455. The molecule has 142 valence electrons. The number of fused-ring (bicyclic) bond motifs is 3. The van der Waals surface area contributed by atoms with E-state index in [0.29, 0.717) is 5.92 Å². The molecule has 0 aliphatic heterocycles. The monoisotopic (exact) mass is 381 g/mol. The van der Waals surface area contributed by atoms with Crippen molar-refractivity contribution in [3.05, 3.63) is 62.0 Å². The van der Waals surface area contributed by atoms with E-state index >= 15 is 0 Å². The maximum atomic E-state index is 12.8. The zero-order valence-electron chi connectivity index (χ0n) is 16.5. The minimum Gasteiger partial charge on any atom is -0.309 e. The minimum absolute atomic E-state index is 0.0256. The van der Waals surface area contributed by atoms with Gasteiger partial charge in [0.05, 0.1) is 11.4 Å². The lowest BCUT2D eigenvalue weighted by Crippen LogP contribution is -2.26. The Morgan fingerprint density at radius 2 is 2.07 bits per heavy atom. The molecule has 4 rings (SSSR count). The van der Waals surface area contributed by atoms with E-state index in [-0.39, 0.29) is 11.6 Å². The fourth-order valence-corrected chi connectivity index (χ4v) is 5.28. The van der Waals surface area contributed by atoms with Crippen LogP contribution in [0.25, 0.3) is 10.2 Å². The summed E-state index contributed by atoms with van der Waals surface area (Å²) in [7, 11) is 2.08. The van der Waals surface area contributed by atoms with Gasteiger partial charge in [0.15, 0.2) is 0 Å². The quantitative estimate of drug-likeness (QED) is 0.718. The van der Waals surface area contributed by atoms with E-state index in [1.165, 1.54) is 21.6 Å². The van der Waals surface area contributed by atoms with Gasteiger partial charge < -0.3 is 4.98 Å². The number of rotatable bonds is 4. The van der Waals surface area contributed by atoms with Gasteiger partial charge in [-0.3, -0.25) is 9.69 Å². The van der Waals surface area contributed by atoms with Gasteiger partial charge in [-0.1, -0.05) is 36.8 Å². The van der Waals surface area contributed by atoms with Crippen LogP contribution in [0.1, 0.15) is 53.7 Å². The number of nitrogens with one attached hydrogen (secondary N) is 1. The third kappa shape index (κ3) is 3.58. The molecule has 0 spiro atoms. The summed E-state index contributed by atoms with van der Waals surface area (Å²) >= 11 is 1.72. The zero-order valence-corrected chi connectivity index (χ0v) is 17.3. The predicted octanol–water partition coefficient (Wildman–Crippen LogP) is 4.61. The number of aromatic nitrogens is 2. The van der Waals surface area contributed by atoms with Gasteiger partial charge in [-0.15, -0.1) is 11.3 Å². The first kappa shape index (κ1) is 18.4. The molecule has 0 amide bonds. The highest BCUT2D eigenvalue weighted by Crippen LogP contribution is 2.36. The summed E-state index contributed by atoms with van der Waals surface area (Å²) < 4.78 is 0. The Morgan fingerprint density at radius 3 is 2.81 bits per heavy atom. The maximum absolute atomic E-state index is 12.8. The van der Waals surface area contributed by atoms with Gasteiger partial charge in [0.2, 0.25) is 0 Å². The van der Waals surface area contributed by atoms with Gasteiger partial charge in [-0.25, -0.2) is 4.98 Å². The molecule has 0 unspecified atom stereocenters. The molecule has 2 heterocycles. The molecule has 0 fully saturated rings. The molecule has 5 heteroatoms. The summed E-state index contributed by atoms with van der Waals surface area (Å²) in [6.45, 7) is 7.31. The lowest BCUT2D eigenvalue weighted by molar-refractivity contribution is 0.244. The van der Waals surface area contributed by atoms with Crippen LogP contribution in [0.5, 0.6) is 0 Å². The highest BCUT2D eigenvalue weighted by atomic mass is 32.1. The van der Waals surface area contributed by atoms with Crippen molar-refractivity contribution in [3.8, 4) is 0 Å². The standard InChI is InChI=1S/C22H27N3OS/c1-13-5-8-16(9-6-13)12-25(4)15(3)20-23-21(26)19-17-10-7-14(2)11-18(17)27-22(19)24-20/h5-6,8-9,14-15H,7,10-12H2,1-4H3,(H,23,24,26)/t14-,15+/m1/s1. The van der Waals surface area contributed by atoms with Gasteiger partial charge in [-0.2, -0.15) is 0 Å². The molecule has 3 aromatic rings. The Kier molecular flexibility index (Phi) is 4.91. The van der Waals surface area contributed by atoms with E-state index < -0.39 is 0 Å². The molecule has 27 heavy (non-hydrogen) atoms. The normalized spacial score (nSPS) is 18.0. The van der Waals surface area contributed by atoms with Gasteiger partial charge >= 0.3 is 0 Å². The third-order valence-corrected chi connectivity index (χ3v) is 6.94.